The van der Waals surface area contributed by atoms with E-state index < -0.39 is 0 Å². The van der Waals surface area contributed by atoms with Crippen LogP contribution in [0.1, 0.15) is 33.2 Å². The summed E-state index contributed by atoms with van der Waals surface area (Å²) in [5.41, 5.74) is 4.38. The minimum absolute atomic E-state index is 0.00390. The lowest BCUT2D eigenvalue weighted by Gasteiger charge is -2.41. The molecule has 0 aromatic heterocycles. The van der Waals surface area contributed by atoms with Gasteiger partial charge in [0.2, 0.25) is 0 Å². The number of benzene rings is 3. The first kappa shape index (κ1) is 20.6. The molecule has 0 bridgehead atoms. The molecule has 5 nitrogen and oxygen atoms in total. The van der Waals surface area contributed by atoms with Crippen molar-refractivity contribution in [2.24, 2.45) is 0 Å². The van der Waals surface area contributed by atoms with E-state index in [2.05, 4.69) is 48.3 Å². The molecule has 0 aliphatic carbocycles. The monoisotopic (exact) mass is 443 g/mol. The molecule has 0 saturated carbocycles. The van der Waals surface area contributed by atoms with Crippen molar-refractivity contribution >= 4 is 35.0 Å². The van der Waals surface area contributed by atoms with Crippen LogP contribution in [0.15, 0.2) is 76.5 Å². The smallest absolute Gasteiger partial charge is 0.256 e. The lowest BCUT2D eigenvalue weighted by Crippen LogP contribution is -2.53. The van der Waals surface area contributed by atoms with Crippen LogP contribution in [0.25, 0.3) is 0 Å². The van der Waals surface area contributed by atoms with E-state index in [1.54, 1.807) is 11.8 Å². The highest BCUT2D eigenvalue weighted by Gasteiger charge is 2.28. The van der Waals surface area contributed by atoms with Crippen LogP contribution < -0.4 is 10.2 Å². The number of nitrogens with one attached hydrogen (secondary N) is 1. The van der Waals surface area contributed by atoms with Crippen molar-refractivity contribution in [1.82, 2.24) is 4.90 Å². The summed E-state index contributed by atoms with van der Waals surface area (Å²) in [6.45, 7) is 6.37. The second-order valence-electron chi connectivity index (χ2n) is 8.39. The molecular formula is C26H25N3O2S. The molecule has 162 valence electrons. The average molecular weight is 444 g/mol. The van der Waals surface area contributed by atoms with E-state index in [-0.39, 0.29) is 17.9 Å². The fourth-order valence-corrected chi connectivity index (χ4v) is 5.36. The zero-order chi connectivity index (χ0) is 22.2. The highest BCUT2D eigenvalue weighted by atomic mass is 32.2. The van der Waals surface area contributed by atoms with E-state index in [4.69, 9.17) is 0 Å². The first-order chi connectivity index (χ1) is 15.5. The molecule has 1 atom stereocenters. The van der Waals surface area contributed by atoms with Crippen molar-refractivity contribution in [1.29, 1.82) is 0 Å². The number of hydrogen-bond acceptors (Lipinski definition) is 4. The van der Waals surface area contributed by atoms with Gasteiger partial charge in [0.15, 0.2) is 0 Å². The van der Waals surface area contributed by atoms with Crippen molar-refractivity contribution < 1.29 is 9.59 Å². The van der Waals surface area contributed by atoms with E-state index in [0.717, 1.165) is 16.3 Å². The highest BCUT2D eigenvalue weighted by Crippen LogP contribution is 2.39. The van der Waals surface area contributed by atoms with Crippen LogP contribution in [0, 0.1) is 6.92 Å². The molecule has 3 aromatic carbocycles. The maximum Gasteiger partial charge on any atom is 0.256 e. The molecule has 1 N–H and O–H groups in total. The Morgan fingerprint density at radius 2 is 1.78 bits per heavy atom. The molecule has 32 heavy (non-hydrogen) atoms. The summed E-state index contributed by atoms with van der Waals surface area (Å²) in [6, 6.07) is 21.9. The lowest BCUT2D eigenvalue weighted by molar-refractivity contribution is 0.0726. The largest absolute Gasteiger partial charge is 0.365 e. The highest BCUT2D eigenvalue weighted by molar-refractivity contribution is 7.99. The predicted octanol–water partition coefficient (Wildman–Crippen LogP) is 5.06. The Morgan fingerprint density at radius 1 is 1.00 bits per heavy atom. The molecule has 1 fully saturated rings. The molecule has 1 unspecified atom stereocenters. The maximum absolute atomic E-state index is 13.3. The molecule has 1 saturated heterocycles. The zero-order valence-corrected chi connectivity index (χ0v) is 19.0. The summed E-state index contributed by atoms with van der Waals surface area (Å²) in [7, 11) is 0. The number of anilines is 2. The fraction of sp³-hybridized carbons (Fsp3) is 0.231. The third-order valence-electron chi connectivity index (χ3n) is 6.11. The molecular weight excluding hydrogens is 418 g/mol. The third-order valence-corrected chi connectivity index (χ3v) is 7.26. The minimum atomic E-state index is -0.142. The SMILES string of the molecule is Cc1ccc(N2CCN(C(=O)c3ccc4c(c3)NC(=O)c3ccccc3S4)CC2C)cc1. The summed E-state index contributed by atoms with van der Waals surface area (Å²) in [4.78, 5) is 32.1. The topological polar surface area (TPSA) is 52.6 Å². The molecule has 0 radical (unpaired) electrons. The molecule has 2 heterocycles. The number of fused-ring (bicyclic) bond motifs is 2. The molecule has 2 aliphatic heterocycles. The van der Waals surface area contributed by atoms with Gasteiger partial charge in [-0.1, -0.05) is 41.6 Å². The lowest BCUT2D eigenvalue weighted by atomic mass is 10.1. The summed E-state index contributed by atoms with van der Waals surface area (Å²) in [5.74, 6) is -0.138. The van der Waals surface area contributed by atoms with Crippen LogP contribution in [0.4, 0.5) is 11.4 Å². The molecule has 3 aromatic rings. The normalized spacial score (nSPS) is 17.8. The number of piperazine rings is 1. The van der Waals surface area contributed by atoms with Gasteiger partial charge in [0.25, 0.3) is 11.8 Å². The summed E-state index contributed by atoms with van der Waals surface area (Å²) in [6.07, 6.45) is 0. The fourth-order valence-electron chi connectivity index (χ4n) is 4.35. The van der Waals surface area contributed by atoms with Crippen LogP contribution in [0.2, 0.25) is 0 Å². The van der Waals surface area contributed by atoms with E-state index in [0.29, 0.717) is 29.9 Å². The van der Waals surface area contributed by atoms with Crippen molar-refractivity contribution in [2.75, 3.05) is 29.9 Å². The third kappa shape index (κ3) is 3.86. The summed E-state index contributed by atoms with van der Waals surface area (Å²) < 4.78 is 0. The second-order valence-corrected chi connectivity index (χ2v) is 9.48. The second kappa shape index (κ2) is 8.36. The Kier molecular flexibility index (Phi) is 5.39. The van der Waals surface area contributed by atoms with Crippen LogP contribution in [-0.4, -0.2) is 42.4 Å². The molecule has 2 amide bonds. The van der Waals surface area contributed by atoms with Crippen molar-refractivity contribution in [3.8, 4) is 0 Å². The Hall–Kier alpha value is -3.25. The number of aryl methyl sites for hydroxylation is 1. The summed E-state index contributed by atoms with van der Waals surface area (Å²) >= 11 is 1.55. The van der Waals surface area contributed by atoms with Gasteiger partial charge < -0.3 is 15.1 Å². The van der Waals surface area contributed by atoms with Gasteiger partial charge in [-0.15, -0.1) is 0 Å². The van der Waals surface area contributed by atoms with Crippen LogP contribution in [-0.2, 0) is 0 Å². The Morgan fingerprint density at radius 3 is 2.56 bits per heavy atom. The van der Waals surface area contributed by atoms with E-state index in [9.17, 15) is 9.59 Å². The standard InChI is InChI=1S/C26H25N3O2S/c1-17-7-10-20(11-8-17)29-14-13-28(16-18(29)2)26(31)19-9-12-24-22(15-19)27-25(30)21-5-3-4-6-23(21)32-24/h3-12,15,18H,13-14,16H2,1-2H3,(H,27,30). The van der Waals surface area contributed by atoms with E-state index in [1.165, 1.54) is 11.3 Å². The van der Waals surface area contributed by atoms with Gasteiger partial charge in [0.1, 0.15) is 0 Å². The quantitative estimate of drug-likeness (QED) is 0.601. The minimum Gasteiger partial charge on any atom is -0.365 e. The number of rotatable bonds is 2. The molecule has 5 rings (SSSR count). The molecule has 2 aliphatic rings. The van der Waals surface area contributed by atoms with Gasteiger partial charge in [-0.3, -0.25) is 9.59 Å². The van der Waals surface area contributed by atoms with Gasteiger partial charge in [0.05, 0.1) is 11.3 Å². The number of hydrogen-bond donors (Lipinski definition) is 1. The van der Waals surface area contributed by atoms with Crippen LogP contribution in [0.3, 0.4) is 0 Å². The Bertz CT molecular complexity index is 1190. The van der Waals surface area contributed by atoms with Crippen molar-refractivity contribution in [3.05, 3.63) is 83.4 Å². The van der Waals surface area contributed by atoms with E-state index >= 15 is 0 Å². The number of amides is 2. The average Bonchev–Trinajstić information content (AvgIpc) is 2.94. The first-order valence-corrected chi connectivity index (χ1v) is 11.7. The Balaban J connectivity index is 1.33. The number of nitrogens with zero attached hydrogens (tertiary/aromatic N) is 2. The molecule has 0 spiro atoms. The zero-order valence-electron chi connectivity index (χ0n) is 18.2. The number of carbonyl (C=O) groups excluding carboxylic acids is 2. The maximum atomic E-state index is 13.3. The van der Waals surface area contributed by atoms with Gasteiger partial charge in [-0.05, 0) is 56.3 Å². The van der Waals surface area contributed by atoms with Crippen molar-refractivity contribution in [3.63, 3.8) is 0 Å². The van der Waals surface area contributed by atoms with Crippen LogP contribution >= 0.6 is 11.8 Å². The summed E-state index contributed by atoms with van der Waals surface area (Å²) in [5, 5.41) is 2.98. The molecule has 6 heteroatoms. The predicted molar refractivity (Wildman–Crippen MR) is 129 cm³/mol. The van der Waals surface area contributed by atoms with Gasteiger partial charge >= 0.3 is 0 Å². The first-order valence-electron chi connectivity index (χ1n) is 10.8. The van der Waals surface area contributed by atoms with Crippen LogP contribution in [0.5, 0.6) is 0 Å². The van der Waals surface area contributed by atoms with Gasteiger partial charge in [0, 0.05) is 46.7 Å². The van der Waals surface area contributed by atoms with E-state index in [1.807, 2.05) is 47.4 Å². The Labute approximate surface area is 192 Å². The number of carbonyl (C=O) groups is 2. The van der Waals surface area contributed by atoms with Crippen molar-refractivity contribution in [2.45, 2.75) is 29.7 Å². The van der Waals surface area contributed by atoms with Gasteiger partial charge in [-0.2, -0.15) is 0 Å². The van der Waals surface area contributed by atoms with Gasteiger partial charge in [-0.25, -0.2) is 0 Å².